The summed E-state index contributed by atoms with van der Waals surface area (Å²) in [7, 11) is 0. The maximum absolute atomic E-state index is 13.1. The Kier molecular flexibility index (Phi) is 4.74. The molecule has 2 aromatic rings. The molecule has 0 aliphatic heterocycles. The van der Waals surface area contributed by atoms with Crippen molar-refractivity contribution in [1.82, 2.24) is 9.88 Å². The van der Waals surface area contributed by atoms with Crippen LogP contribution in [0.5, 0.6) is 0 Å². The minimum Gasteiger partial charge on any atom is -0.395 e. The van der Waals surface area contributed by atoms with Crippen LogP contribution in [-0.2, 0) is 11.2 Å². The van der Waals surface area contributed by atoms with Gasteiger partial charge >= 0.3 is 0 Å². The quantitative estimate of drug-likeness (QED) is 0.850. The maximum atomic E-state index is 13.1. The molecule has 0 aliphatic carbocycles. The average Bonchev–Trinajstić information content (AvgIpc) is 2.80. The third-order valence-corrected chi connectivity index (χ3v) is 3.29. The molecule has 1 heterocycles. The summed E-state index contributed by atoms with van der Waals surface area (Å²) >= 11 is 0. The van der Waals surface area contributed by atoms with Crippen LogP contribution in [0.25, 0.3) is 10.9 Å². The summed E-state index contributed by atoms with van der Waals surface area (Å²) in [4.78, 5) is 16.9. The van der Waals surface area contributed by atoms with Crippen LogP contribution in [0.1, 0.15) is 18.9 Å². The lowest BCUT2D eigenvalue weighted by atomic mass is 10.1. The number of carbonyl (C=O) groups is 1. The van der Waals surface area contributed by atoms with E-state index in [0.29, 0.717) is 18.6 Å². The first-order chi connectivity index (χ1) is 9.65. The lowest BCUT2D eigenvalue weighted by molar-refractivity contribution is -0.131. The van der Waals surface area contributed by atoms with Crippen molar-refractivity contribution >= 4 is 16.8 Å². The molecule has 1 amide bonds. The van der Waals surface area contributed by atoms with Gasteiger partial charge in [-0.2, -0.15) is 0 Å². The molecular formula is C15H19FN2O2. The Morgan fingerprint density at radius 2 is 2.20 bits per heavy atom. The third kappa shape index (κ3) is 3.17. The SMILES string of the molecule is CCCN(CCO)C(=O)Cc1c[nH]c2cc(F)ccc12. The topological polar surface area (TPSA) is 56.3 Å². The van der Waals surface area contributed by atoms with Crippen LogP contribution in [0.15, 0.2) is 24.4 Å². The summed E-state index contributed by atoms with van der Waals surface area (Å²) in [5.74, 6) is -0.323. The number of carbonyl (C=O) groups excluding carboxylic acids is 1. The van der Waals surface area contributed by atoms with Crippen LogP contribution in [0.3, 0.4) is 0 Å². The lowest BCUT2D eigenvalue weighted by Gasteiger charge is -2.20. The predicted molar refractivity (Wildman–Crippen MR) is 75.9 cm³/mol. The molecule has 0 saturated heterocycles. The number of rotatable bonds is 6. The zero-order chi connectivity index (χ0) is 14.5. The van der Waals surface area contributed by atoms with Crippen molar-refractivity contribution in [3.05, 3.63) is 35.8 Å². The number of halogens is 1. The summed E-state index contributed by atoms with van der Waals surface area (Å²) in [6.45, 7) is 2.94. The summed E-state index contributed by atoms with van der Waals surface area (Å²) < 4.78 is 13.1. The van der Waals surface area contributed by atoms with Gasteiger partial charge in [-0.15, -0.1) is 0 Å². The number of aliphatic hydroxyl groups is 1. The van der Waals surface area contributed by atoms with Gasteiger partial charge in [-0.05, 0) is 30.2 Å². The normalized spacial score (nSPS) is 10.9. The van der Waals surface area contributed by atoms with Crippen LogP contribution in [0.2, 0.25) is 0 Å². The fourth-order valence-corrected chi connectivity index (χ4v) is 2.33. The monoisotopic (exact) mass is 278 g/mol. The molecular weight excluding hydrogens is 259 g/mol. The van der Waals surface area contributed by atoms with E-state index in [1.54, 1.807) is 17.2 Å². The average molecular weight is 278 g/mol. The fraction of sp³-hybridized carbons (Fsp3) is 0.400. The number of hydrogen-bond donors (Lipinski definition) is 2. The van der Waals surface area contributed by atoms with Crippen molar-refractivity contribution in [3.63, 3.8) is 0 Å². The van der Waals surface area contributed by atoms with Gasteiger partial charge in [0.15, 0.2) is 0 Å². The zero-order valence-corrected chi connectivity index (χ0v) is 11.5. The lowest BCUT2D eigenvalue weighted by Crippen LogP contribution is -2.35. The van der Waals surface area contributed by atoms with Crippen molar-refractivity contribution in [2.45, 2.75) is 19.8 Å². The van der Waals surface area contributed by atoms with Gasteiger partial charge in [-0.1, -0.05) is 6.92 Å². The Labute approximate surface area is 117 Å². The molecule has 0 spiro atoms. The van der Waals surface area contributed by atoms with E-state index in [2.05, 4.69) is 4.98 Å². The highest BCUT2D eigenvalue weighted by Crippen LogP contribution is 2.20. The first kappa shape index (κ1) is 14.5. The van der Waals surface area contributed by atoms with Crippen LogP contribution in [0.4, 0.5) is 4.39 Å². The molecule has 0 unspecified atom stereocenters. The Hall–Kier alpha value is -1.88. The highest BCUT2D eigenvalue weighted by Gasteiger charge is 2.15. The van der Waals surface area contributed by atoms with Gasteiger partial charge in [0.05, 0.1) is 13.0 Å². The van der Waals surface area contributed by atoms with E-state index in [9.17, 15) is 9.18 Å². The zero-order valence-electron chi connectivity index (χ0n) is 11.5. The molecule has 1 aromatic heterocycles. The molecule has 0 bridgehead atoms. The van der Waals surface area contributed by atoms with Crippen molar-refractivity contribution in [1.29, 1.82) is 0 Å². The van der Waals surface area contributed by atoms with Crippen LogP contribution >= 0.6 is 0 Å². The van der Waals surface area contributed by atoms with Crippen LogP contribution in [0, 0.1) is 5.82 Å². The van der Waals surface area contributed by atoms with E-state index in [1.807, 2.05) is 6.92 Å². The number of aromatic amines is 1. The molecule has 0 fully saturated rings. The standard InChI is InChI=1S/C15H19FN2O2/c1-2-5-18(6-7-19)15(20)8-11-10-17-14-9-12(16)3-4-13(11)14/h3-4,9-10,17,19H,2,5-8H2,1H3. The van der Waals surface area contributed by atoms with E-state index >= 15 is 0 Å². The van der Waals surface area contributed by atoms with Crippen molar-refractivity contribution in [2.24, 2.45) is 0 Å². The van der Waals surface area contributed by atoms with E-state index in [4.69, 9.17) is 5.11 Å². The van der Waals surface area contributed by atoms with Crippen LogP contribution < -0.4 is 0 Å². The molecule has 20 heavy (non-hydrogen) atoms. The van der Waals surface area contributed by atoms with E-state index in [-0.39, 0.29) is 24.8 Å². The van der Waals surface area contributed by atoms with Crippen molar-refractivity contribution in [2.75, 3.05) is 19.7 Å². The Morgan fingerprint density at radius 1 is 1.40 bits per heavy atom. The first-order valence-corrected chi connectivity index (χ1v) is 6.79. The summed E-state index contributed by atoms with van der Waals surface area (Å²) in [5, 5.41) is 9.86. The van der Waals surface area contributed by atoms with E-state index in [1.165, 1.54) is 12.1 Å². The molecule has 1 aromatic carbocycles. The second-order valence-corrected chi connectivity index (χ2v) is 4.78. The molecule has 5 heteroatoms. The number of fused-ring (bicyclic) bond motifs is 1. The Bertz CT molecular complexity index is 589. The number of hydrogen-bond acceptors (Lipinski definition) is 2. The first-order valence-electron chi connectivity index (χ1n) is 6.79. The van der Waals surface area contributed by atoms with E-state index < -0.39 is 0 Å². The molecule has 4 nitrogen and oxygen atoms in total. The second kappa shape index (κ2) is 6.52. The van der Waals surface area contributed by atoms with Gasteiger partial charge in [-0.3, -0.25) is 4.79 Å². The number of aliphatic hydroxyl groups excluding tert-OH is 1. The number of benzene rings is 1. The number of H-pyrrole nitrogens is 1. The molecule has 0 saturated carbocycles. The van der Waals surface area contributed by atoms with Crippen molar-refractivity contribution in [3.8, 4) is 0 Å². The van der Waals surface area contributed by atoms with Gasteiger partial charge in [0.1, 0.15) is 5.82 Å². The second-order valence-electron chi connectivity index (χ2n) is 4.78. The molecule has 2 rings (SSSR count). The minimum atomic E-state index is -0.301. The molecule has 0 atom stereocenters. The highest BCUT2D eigenvalue weighted by atomic mass is 19.1. The molecule has 0 radical (unpaired) electrons. The van der Waals surface area contributed by atoms with Gasteiger partial charge < -0.3 is 15.0 Å². The van der Waals surface area contributed by atoms with Gasteiger partial charge in [0, 0.05) is 30.2 Å². The van der Waals surface area contributed by atoms with E-state index in [0.717, 1.165) is 17.4 Å². The van der Waals surface area contributed by atoms with Gasteiger partial charge in [-0.25, -0.2) is 4.39 Å². The van der Waals surface area contributed by atoms with Gasteiger partial charge in [0.2, 0.25) is 5.91 Å². The highest BCUT2D eigenvalue weighted by molar-refractivity contribution is 5.88. The number of nitrogens with zero attached hydrogens (tertiary/aromatic N) is 1. The largest absolute Gasteiger partial charge is 0.395 e. The Morgan fingerprint density at radius 3 is 2.90 bits per heavy atom. The predicted octanol–water partition coefficient (Wildman–Crippen LogP) is 2.08. The maximum Gasteiger partial charge on any atom is 0.227 e. The fourth-order valence-electron chi connectivity index (χ4n) is 2.33. The van der Waals surface area contributed by atoms with Crippen molar-refractivity contribution < 1.29 is 14.3 Å². The molecule has 2 N–H and O–H groups in total. The molecule has 0 aliphatic rings. The summed E-state index contributed by atoms with van der Waals surface area (Å²) in [5.41, 5.74) is 1.54. The Balaban J connectivity index is 2.16. The van der Waals surface area contributed by atoms with Crippen LogP contribution in [-0.4, -0.2) is 40.6 Å². The summed E-state index contributed by atoms with van der Waals surface area (Å²) in [6.07, 6.45) is 2.85. The summed E-state index contributed by atoms with van der Waals surface area (Å²) in [6, 6.07) is 4.49. The molecule has 108 valence electrons. The third-order valence-electron chi connectivity index (χ3n) is 3.29. The number of amides is 1. The number of nitrogens with one attached hydrogen (secondary N) is 1. The number of aromatic nitrogens is 1. The minimum absolute atomic E-state index is 0.0221. The smallest absolute Gasteiger partial charge is 0.227 e. The van der Waals surface area contributed by atoms with Gasteiger partial charge in [0.25, 0.3) is 0 Å².